The Bertz CT molecular complexity index is 359. The van der Waals surface area contributed by atoms with E-state index in [0.717, 1.165) is 18.7 Å². The molecule has 0 fully saturated rings. The maximum absolute atomic E-state index is 4.43. The topological polar surface area (TPSA) is 37.8 Å². The first-order chi connectivity index (χ1) is 8.92. The van der Waals surface area contributed by atoms with Crippen LogP contribution in [-0.2, 0) is 0 Å². The molecule has 0 radical (unpaired) electrons. The molecule has 1 atom stereocenters. The highest BCUT2D eigenvalue weighted by Gasteiger charge is 2.18. The van der Waals surface area contributed by atoms with Gasteiger partial charge in [-0.15, -0.1) is 0 Å². The highest BCUT2D eigenvalue weighted by Crippen LogP contribution is 2.28. The van der Waals surface area contributed by atoms with Crippen molar-refractivity contribution in [1.29, 1.82) is 0 Å². The number of nitrogens with one attached hydrogen (secondary N) is 1. The van der Waals surface area contributed by atoms with Gasteiger partial charge in [-0.2, -0.15) is 8.75 Å². The average molecular weight is 265 g/mol. The molecule has 0 aromatic carbocycles. The second-order valence-electron chi connectivity index (χ2n) is 4.95. The van der Waals surface area contributed by atoms with E-state index in [-0.39, 0.29) is 0 Å². The van der Waals surface area contributed by atoms with Gasteiger partial charge in [0.1, 0.15) is 0 Å². The monoisotopic (exact) mass is 265 g/mol. The summed E-state index contributed by atoms with van der Waals surface area (Å²) in [5, 5.41) is 3.63. The third kappa shape index (κ3) is 3.89. The van der Waals surface area contributed by atoms with E-state index in [4.69, 9.17) is 0 Å². The van der Waals surface area contributed by atoms with Gasteiger partial charge in [0.25, 0.3) is 0 Å². The zero-order valence-electron chi connectivity index (χ0n) is 11.2. The highest BCUT2D eigenvalue weighted by atomic mass is 32.1. The maximum atomic E-state index is 4.43. The van der Waals surface area contributed by atoms with Gasteiger partial charge in [0.05, 0.1) is 29.7 Å². The second kappa shape index (κ2) is 7.64. The van der Waals surface area contributed by atoms with Crippen molar-refractivity contribution in [3.05, 3.63) is 23.5 Å². The Morgan fingerprint density at radius 1 is 1.33 bits per heavy atom. The minimum atomic E-state index is 0.293. The van der Waals surface area contributed by atoms with Gasteiger partial charge in [0, 0.05) is 0 Å². The summed E-state index contributed by atoms with van der Waals surface area (Å²) in [6.07, 6.45) is 13.3. The van der Waals surface area contributed by atoms with Gasteiger partial charge in [-0.3, -0.25) is 0 Å². The quantitative estimate of drug-likeness (QED) is 0.822. The minimum absolute atomic E-state index is 0.293. The lowest BCUT2D eigenvalue weighted by Crippen LogP contribution is -2.24. The Labute approximate surface area is 114 Å². The SMILES string of the molecule is CCCNC(C1=CCCCCCC1)c1cnsn1. The predicted octanol–water partition coefficient (Wildman–Crippen LogP) is 3.86. The molecule has 1 aliphatic rings. The first-order valence-electron chi connectivity index (χ1n) is 7.11. The van der Waals surface area contributed by atoms with Crippen LogP contribution in [0.4, 0.5) is 0 Å². The summed E-state index contributed by atoms with van der Waals surface area (Å²) in [6, 6.07) is 0.293. The van der Waals surface area contributed by atoms with Gasteiger partial charge in [-0.05, 0) is 38.6 Å². The number of aromatic nitrogens is 2. The molecule has 2 rings (SSSR count). The fourth-order valence-electron chi connectivity index (χ4n) is 2.49. The normalized spacial score (nSPS) is 18.8. The van der Waals surface area contributed by atoms with Crippen molar-refractivity contribution >= 4 is 11.7 Å². The van der Waals surface area contributed by atoms with E-state index in [1.54, 1.807) is 0 Å². The van der Waals surface area contributed by atoms with Gasteiger partial charge in [-0.1, -0.05) is 31.4 Å². The van der Waals surface area contributed by atoms with Crippen molar-refractivity contribution in [2.75, 3.05) is 6.54 Å². The molecule has 0 saturated carbocycles. The molecule has 0 saturated heterocycles. The molecular formula is C14H23N3S. The van der Waals surface area contributed by atoms with E-state index in [9.17, 15) is 0 Å². The Kier molecular flexibility index (Phi) is 5.81. The van der Waals surface area contributed by atoms with Crippen LogP contribution in [0.2, 0.25) is 0 Å². The number of nitrogens with zero attached hydrogens (tertiary/aromatic N) is 2. The summed E-state index contributed by atoms with van der Waals surface area (Å²) >= 11 is 1.31. The predicted molar refractivity (Wildman–Crippen MR) is 76.7 cm³/mol. The van der Waals surface area contributed by atoms with Crippen LogP contribution in [0.5, 0.6) is 0 Å². The standard InChI is InChI=1S/C14H23N3S/c1-2-10-15-14(13-11-16-18-17-13)12-8-6-4-3-5-7-9-12/h8,11,14-15H,2-7,9-10H2,1H3. The molecule has 1 N–H and O–H groups in total. The molecule has 0 amide bonds. The smallest absolute Gasteiger partial charge is 0.0954 e. The zero-order valence-corrected chi connectivity index (χ0v) is 12.0. The van der Waals surface area contributed by atoms with Crippen molar-refractivity contribution in [1.82, 2.24) is 14.1 Å². The van der Waals surface area contributed by atoms with Crippen molar-refractivity contribution < 1.29 is 0 Å². The summed E-state index contributed by atoms with van der Waals surface area (Å²) < 4.78 is 8.58. The Morgan fingerprint density at radius 3 is 3.00 bits per heavy atom. The molecule has 1 aromatic heterocycles. The lowest BCUT2D eigenvalue weighted by molar-refractivity contribution is 0.535. The fraction of sp³-hybridized carbons (Fsp3) is 0.714. The lowest BCUT2D eigenvalue weighted by atomic mass is 9.93. The lowest BCUT2D eigenvalue weighted by Gasteiger charge is -2.21. The first-order valence-corrected chi connectivity index (χ1v) is 7.84. The van der Waals surface area contributed by atoms with Crippen molar-refractivity contribution in [3.8, 4) is 0 Å². The third-order valence-corrected chi connectivity index (χ3v) is 3.96. The van der Waals surface area contributed by atoms with Crippen LogP contribution in [0, 0.1) is 0 Å². The van der Waals surface area contributed by atoms with Gasteiger partial charge in [-0.25, -0.2) is 0 Å². The largest absolute Gasteiger partial charge is 0.305 e. The van der Waals surface area contributed by atoms with Crippen LogP contribution in [0.3, 0.4) is 0 Å². The van der Waals surface area contributed by atoms with E-state index >= 15 is 0 Å². The van der Waals surface area contributed by atoms with E-state index in [0.29, 0.717) is 6.04 Å². The van der Waals surface area contributed by atoms with Gasteiger partial charge in [0.15, 0.2) is 0 Å². The molecular weight excluding hydrogens is 242 g/mol. The zero-order chi connectivity index (χ0) is 12.6. The first kappa shape index (κ1) is 13.7. The summed E-state index contributed by atoms with van der Waals surface area (Å²) in [5.41, 5.74) is 2.62. The van der Waals surface area contributed by atoms with Crippen LogP contribution >= 0.6 is 11.7 Å². The molecule has 100 valence electrons. The Morgan fingerprint density at radius 2 is 2.22 bits per heavy atom. The second-order valence-corrected chi connectivity index (χ2v) is 5.51. The molecule has 1 aromatic rings. The van der Waals surface area contributed by atoms with Crippen LogP contribution < -0.4 is 5.32 Å². The van der Waals surface area contributed by atoms with Crippen molar-refractivity contribution in [3.63, 3.8) is 0 Å². The molecule has 1 unspecified atom stereocenters. The number of hydrogen-bond donors (Lipinski definition) is 1. The maximum Gasteiger partial charge on any atom is 0.0954 e. The van der Waals surface area contributed by atoms with Crippen LogP contribution in [-0.4, -0.2) is 15.3 Å². The van der Waals surface area contributed by atoms with Crippen molar-refractivity contribution in [2.45, 2.75) is 57.9 Å². The van der Waals surface area contributed by atoms with Crippen LogP contribution in [0.1, 0.15) is 63.6 Å². The minimum Gasteiger partial charge on any atom is -0.305 e. The summed E-state index contributed by atoms with van der Waals surface area (Å²) in [4.78, 5) is 0. The molecule has 3 nitrogen and oxygen atoms in total. The van der Waals surface area contributed by atoms with Crippen molar-refractivity contribution in [2.24, 2.45) is 0 Å². The summed E-state index contributed by atoms with van der Waals surface area (Å²) in [5.74, 6) is 0. The molecule has 1 aliphatic carbocycles. The fourth-order valence-corrected chi connectivity index (χ4v) is 2.94. The van der Waals surface area contributed by atoms with Gasteiger partial charge < -0.3 is 5.32 Å². The van der Waals surface area contributed by atoms with E-state index in [2.05, 4.69) is 27.1 Å². The molecule has 18 heavy (non-hydrogen) atoms. The third-order valence-electron chi connectivity index (χ3n) is 3.47. The molecule has 0 bridgehead atoms. The van der Waals surface area contributed by atoms with Gasteiger partial charge in [0.2, 0.25) is 0 Å². The average Bonchev–Trinajstić information content (AvgIpc) is 2.85. The summed E-state index contributed by atoms with van der Waals surface area (Å²) in [6.45, 7) is 3.25. The highest BCUT2D eigenvalue weighted by molar-refractivity contribution is 6.99. The van der Waals surface area contributed by atoms with Gasteiger partial charge >= 0.3 is 0 Å². The Balaban J connectivity index is 2.11. The molecule has 0 spiro atoms. The Hall–Kier alpha value is -0.740. The number of allylic oxidation sites excluding steroid dienone is 1. The summed E-state index contributed by atoms with van der Waals surface area (Å²) in [7, 11) is 0. The van der Waals surface area contributed by atoms with E-state index < -0.39 is 0 Å². The molecule has 4 heteroatoms. The number of rotatable bonds is 5. The molecule has 1 heterocycles. The molecule has 0 aliphatic heterocycles. The van der Waals surface area contributed by atoms with Crippen LogP contribution in [0.25, 0.3) is 0 Å². The van der Waals surface area contributed by atoms with E-state index in [1.807, 2.05) is 6.20 Å². The number of hydrogen-bond acceptors (Lipinski definition) is 4. The van der Waals surface area contributed by atoms with E-state index in [1.165, 1.54) is 55.8 Å². The van der Waals surface area contributed by atoms with Crippen LogP contribution in [0.15, 0.2) is 17.8 Å².